The SMILES string of the molecule is CN1C(Cl)CN(c2ccccc2)CC1Cl. The highest BCUT2D eigenvalue weighted by atomic mass is 35.5. The van der Waals surface area contributed by atoms with E-state index in [0.29, 0.717) is 0 Å². The second-order valence-corrected chi connectivity index (χ2v) is 4.78. The molecule has 2 unspecified atom stereocenters. The maximum Gasteiger partial charge on any atom is 0.104 e. The second kappa shape index (κ2) is 4.60. The third-order valence-corrected chi connectivity index (χ3v) is 3.64. The molecule has 1 aliphatic rings. The Morgan fingerprint density at radius 3 is 2.13 bits per heavy atom. The molecule has 1 fully saturated rings. The van der Waals surface area contributed by atoms with Gasteiger partial charge in [0.05, 0.1) is 0 Å². The highest BCUT2D eigenvalue weighted by Crippen LogP contribution is 2.24. The van der Waals surface area contributed by atoms with Crippen LogP contribution < -0.4 is 4.90 Å². The number of piperazine rings is 1. The molecule has 15 heavy (non-hydrogen) atoms. The van der Waals surface area contributed by atoms with Crippen molar-refractivity contribution < 1.29 is 0 Å². The molecule has 2 rings (SSSR count). The zero-order chi connectivity index (χ0) is 10.8. The summed E-state index contributed by atoms with van der Waals surface area (Å²) in [5, 5.41) is 0. The van der Waals surface area contributed by atoms with E-state index < -0.39 is 0 Å². The van der Waals surface area contributed by atoms with Gasteiger partial charge in [-0.2, -0.15) is 0 Å². The van der Waals surface area contributed by atoms with Crippen LogP contribution in [-0.4, -0.2) is 36.0 Å². The van der Waals surface area contributed by atoms with Crippen molar-refractivity contribution in [3.05, 3.63) is 30.3 Å². The number of alkyl halides is 2. The Balaban J connectivity index is 2.13. The normalized spacial score (nSPS) is 28.1. The van der Waals surface area contributed by atoms with Crippen LogP contribution in [0, 0.1) is 0 Å². The molecule has 2 atom stereocenters. The number of benzene rings is 1. The molecule has 0 N–H and O–H groups in total. The summed E-state index contributed by atoms with van der Waals surface area (Å²) in [7, 11) is 1.96. The minimum atomic E-state index is -0.0264. The van der Waals surface area contributed by atoms with E-state index in [1.54, 1.807) is 0 Å². The van der Waals surface area contributed by atoms with Gasteiger partial charge >= 0.3 is 0 Å². The summed E-state index contributed by atoms with van der Waals surface area (Å²) in [6, 6.07) is 10.2. The fourth-order valence-electron chi connectivity index (χ4n) is 1.72. The number of nitrogens with zero attached hydrogens (tertiary/aromatic N) is 2. The molecule has 4 heteroatoms. The highest BCUT2D eigenvalue weighted by molar-refractivity contribution is 6.23. The number of para-hydroxylation sites is 1. The fourth-order valence-corrected chi connectivity index (χ4v) is 2.38. The maximum absolute atomic E-state index is 6.21. The Kier molecular flexibility index (Phi) is 3.39. The molecule has 0 saturated carbocycles. The molecule has 1 heterocycles. The molecule has 0 aromatic heterocycles. The molecule has 0 bridgehead atoms. The van der Waals surface area contributed by atoms with Gasteiger partial charge in [0.2, 0.25) is 0 Å². The Labute approximate surface area is 100 Å². The Bertz CT molecular complexity index is 306. The Morgan fingerprint density at radius 2 is 1.60 bits per heavy atom. The van der Waals surface area contributed by atoms with Crippen LogP contribution in [0.3, 0.4) is 0 Å². The van der Waals surface area contributed by atoms with E-state index in [4.69, 9.17) is 23.2 Å². The van der Waals surface area contributed by atoms with Gasteiger partial charge in [0.15, 0.2) is 0 Å². The van der Waals surface area contributed by atoms with E-state index in [2.05, 4.69) is 17.0 Å². The van der Waals surface area contributed by atoms with Crippen molar-refractivity contribution >= 4 is 28.9 Å². The van der Waals surface area contributed by atoms with Gasteiger partial charge in [-0.3, -0.25) is 4.90 Å². The average molecular weight is 245 g/mol. The number of halogens is 2. The molecule has 1 saturated heterocycles. The van der Waals surface area contributed by atoms with Gasteiger partial charge in [0, 0.05) is 18.8 Å². The summed E-state index contributed by atoms with van der Waals surface area (Å²) in [5.41, 5.74) is 1.13. The van der Waals surface area contributed by atoms with Gasteiger partial charge in [-0.1, -0.05) is 18.2 Å². The lowest BCUT2D eigenvalue weighted by Gasteiger charge is -2.40. The summed E-state index contributed by atoms with van der Waals surface area (Å²) in [6.07, 6.45) is 0. The molecule has 1 aliphatic heterocycles. The van der Waals surface area contributed by atoms with Crippen molar-refractivity contribution in [1.82, 2.24) is 4.90 Å². The number of anilines is 1. The third-order valence-electron chi connectivity index (χ3n) is 2.75. The predicted molar refractivity (Wildman–Crippen MR) is 65.7 cm³/mol. The first-order valence-corrected chi connectivity index (χ1v) is 5.86. The third kappa shape index (κ3) is 2.39. The number of likely N-dealkylation sites (N-methyl/N-ethyl adjacent to an activating group) is 1. The molecule has 82 valence electrons. The number of rotatable bonds is 1. The summed E-state index contributed by atoms with van der Waals surface area (Å²) >= 11 is 12.4. The Hall–Kier alpha value is -0.440. The molecular weight excluding hydrogens is 231 g/mol. The summed E-state index contributed by atoms with van der Waals surface area (Å²) in [5.74, 6) is 0. The topological polar surface area (TPSA) is 6.48 Å². The monoisotopic (exact) mass is 244 g/mol. The first-order valence-electron chi connectivity index (χ1n) is 4.98. The van der Waals surface area contributed by atoms with Crippen LogP contribution in [0.15, 0.2) is 30.3 Å². The molecule has 0 radical (unpaired) electrons. The van der Waals surface area contributed by atoms with Crippen LogP contribution in [-0.2, 0) is 0 Å². The van der Waals surface area contributed by atoms with Gasteiger partial charge in [-0.15, -0.1) is 23.2 Å². The van der Waals surface area contributed by atoms with Crippen molar-refractivity contribution in [2.45, 2.75) is 11.0 Å². The van der Waals surface area contributed by atoms with Crippen LogP contribution in [0.25, 0.3) is 0 Å². The molecule has 0 aliphatic carbocycles. The zero-order valence-electron chi connectivity index (χ0n) is 8.61. The summed E-state index contributed by atoms with van der Waals surface area (Å²) in [4.78, 5) is 4.21. The first kappa shape index (κ1) is 11.1. The number of hydrogen-bond acceptors (Lipinski definition) is 2. The molecule has 0 spiro atoms. The fraction of sp³-hybridized carbons (Fsp3) is 0.455. The van der Waals surface area contributed by atoms with E-state index >= 15 is 0 Å². The zero-order valence-corrected chi connectivity index (χ0v) is 10.1. The second-order valence-electron chi connectivity index (χ2n) is 3.77. The van der Waals surface area contributed by atoms with E-state index in [1.807, 2.05) is 30.1 Å². The standard InChI is InChI=1S/C11H14Cl2N2/c1-14-10(12)7-15(8-11(14)13)9-5-3-2-4-6-9/h2-6,10-11H,7-8H2,1H3. The smallest absolute Gasteiger partial charge is 0.104 e. The van der Waals surface area contributed by atoms with Gasteiger partial charge in [-0.25, -0.2) is 0 Å². The van der Waals surface area contributed by atoms with Crippen molar-refractivity contribution in [3.8, 4) is 0 Å². The van der Waals surface area contributed by atoms with Crippen molar-refractivity contribution in [2.75, 3.05) is 25.0 Å². The molecule has 2 nitrogen and oxygen atoms in total. The molecule has 0 amide bonds. The minimum absolute atomic E-state index is 0.0264. The largest absolute Gasteiger partial charge is 0.366 e. The van der Waals surface area contributed by atoms with Crippen LogP contribution in [0.2, 0.25) is 0 Å². The minimum Gasteiger partial charge on any atom is -0.366 e. The average Bonchev–Trinajstić information content (AvgIpc) is 2.26. The lowest BCUT2D eigenvalue weighted by Crippen LogP contribution is -2.53. The lowest BCUT2D eigenvalue weighted by molar-refractivity contribution is 0.253. The van der Waals surface area contributed by atoms with E-state index in [1.165, 1.54) is 5.69 Å². The predicted octanol–water partition coefficient (Wildman–Crippen LogP) is 2.57. The van der Waals surface area contributed by atoms with E-state index in [-0.39, 0.29) is 11.0 Å². The maximum atomic E-state index is 6.21. The van der Waals surface area contributed by atoms with Crippen LogP contribution in [0.5, 0.6) is 0 Å². The van der Waals surface area contributed by atoms with Crippen LogP contribution in [0.1, 0.15) is 0 Å². The molecule has 1 aromatic carbocycles. The number of hydrogen-bond donors (Lipinski definition) is 0. The quantitative estimate of drug-likeness (QED) is 0.554. The van der Waals surface area contributed by atoms with Crippen LogP contribution >= 0.6 is 23.2 Å². The van der Waals surface area contributed by atoms with E-state index in [0.717, 1.165) is 13.1 Å². The molecule has 1 aromatic rings. The van der Waals surface area contributed by atoms with Crippen molar-refractivity contribution in [3.63, 3.8) is 0 Å². The van der Waals surface area contributed by atoms with Gasteiger partial charge in [-0.05, 0) is 19.2 Å². The summed E-state index contributed by atoms with van der Waals surface area (Å²) < 4.78 is 0. The van der Waals surface area contributed by atoms with E-state index in [9.17, 15) is 0 Å². The molecular formula is C11H14Cl2N2. The first-order chi connectivity index (χ1) is 7.18. The van der Waals surface area contributed by atoms with Crippen molar-refractivity contribution in [2.24, 2.45) is 0 Å². The van der Waals surface area contributed by atoms with Crippen LogP contribution in [0.4, 0.5) is 5.69 Å². The van der Waals surface area contributed by atoms with Crippen molar-refractivity contribution in [1.29, 1.82) is 0 Å². The van der Waals surface area contributed by atoms with Gasteiger partial charge in [0.25, 0.3) is 0 Å². The van der Waals surface area contributed by atoms with Gasteiger partial charge < -0.3 is 4.90 Å². The van der Waals surface area contributed by atoms with Gasteiger partial charge in [0.1, 0.15) is 11.0 Å². The Morgan fingerprint density at radius 1 is 1.07 bits per heavy atom. The lowest BCUT2D eigenvalue weighted by atomic mass is 10.2. The highest BCUT2D eigenvalue weighted by Gasteiger charge is 2.29. The summed E-state index contributed by atoms with van der Waals surface area (Å²) in [6.45, 7) is 1.62.